The molecule has 0 spiro atoms. The first-order valence-electron chi connectivity index (χ1n) is 9.77. The van der Waals surface area contributed by atoms with Crippen molar-refractivity contribution < 1.29 is 13.2 Å². The smallest absolute Gasteiger partial charge is 0.192 e. The number of fused-ring (bicyclic) bond motifs is 1. The molecule has 0 aliphatic carbocycles. The summed E-state index contributed by atoms with van der Waals surface area (Å²) in [6, 6.07) is 23.9. The Morgan fingerprint density at radius 1 is 0.806 bits per heavy atom. The number of hydrogen-bond acceptors (Lipinski definition) is 1. The highest BCUT2D eigenvalue weighted by atomic mass is 19.4. The summed E-state index contributed by atoms with van der Waals surface area (Å²) in [5.74, 6) is 0. The molecular weight excluding hydrogens is 399 g/mol. The number of halogens is 3. The van der Waals surface area contributed by atoms with Gasteiger partial charge in [0.25, 0.3) is 0 Å². The van der Waals surface area contributed by atoms with Gasteiger partial charge in [-0.2, -0.15) is 18.4 Å². The summed E-state index contributed by atoms with van der Waals surface area (Å²) >= 11 is 0. The topological polar surface area (TPSA) is 29.8 Å². The van der Waals surface area contributed by atoms with Crippen LogP contribution in [0.5, 0.6) is 0 Å². The van der Waals surface area contributed by atoms with E-state index in [0.29, 0.717) is 17.1 Å². The van der Waals surface area contributed by atoms with Gasteiger partial charge in [-0.25, -0.2) is 0 Å². The van der Waals surface area contributed by atoms with Crippen LogP contribution >= 0.6 is 0 Å². The van der Waals surface area contributed by atoms with Crippen molar-refractivity contribution >= 4 is 28.8 Å². The van der Waals surface area contributed by atoms with Crippen LogP contribution in [0.25, 0.3) is 0 Å². The highest BCUT2D eigenvalue weighted by Crippen LogP contribution is 2.43. The zero-order valence-electron chi connectivity index (χ0n) is 17.3. The fraction of sp³-hybridized carbons (Fsp3) is 0.200. The molecule has 0 unspecified atom stereocenters. The van der Waals surface area contributed by atoms with Crippen molar-refractivity contribution in [3.63, 3.8) is 0 Å². The van der Waals surface area contributed by atoms with Gasteiger partial charge in [0, 0.05) is 30.3 Å². The predicted molar refractivity (Wildman–Crippen MR) is 116 cm³/mol. The van der Waals surface area contributed by atoms with Crippen molar-refractivity contribution in [3.05, 3.63) is 83.4 Å². The molecule has 0 amide bonds. The molecule has 0 N–H and O–H groups in total. The van der Waals surface area contributed by atoms with E-state index in [1.165, 1.54) is 0 Å². The summed E-state index contributed by atoms with van der Waals surface area (Å²) in [7, 11) is 0. The Morgan fingerprint density at radius 2 is 1.48 bits per heavy atom. The Hall–Kier alpha value is -3.68. The van der Waals surface area contributed by atoms with Gasteiger partial charge in [-0.1, -0.05) is 51.1 Å². The number of benzene rings is 3. The van der Waals surface area contributed by atoms with Gasteiger partial charge in [-0.15, -0.1) is 0 Å². The van der Waals surface area contributed by atoms with E-state index in [1.807, 2.05) is 60.7 Å². The third kappa shape index (κ3) is 3.76. The maximum Gasteiger partial charge on any atom is 0.503 e. The molecule has 0 saturated carbocycles. The van der Waals surface area contributed by atoms with Gasteiger partial charge in [0.2, 0.25) is 11.4 Å². The third-order valence-electron chi connectivity index (χ3n) is 5.19. The molecule has 0 bridgehead atoms. The minimum atomic E-state index is -4.57. The van der Waals surface area contributed by atoms with Crippen LogP contribution in [0, 0.1) is 11.3 Å². The molecule has 3 aromatic rings. The van der Waals surface area contributed by atoms with E-state index < -0.39 is 11.7 Å². The summed E-state index contributed by atoms with van der Waals surface area (Å²) in [5, 5.41) is 9.67. The van der Waals surface area contributed by atoms with E-state index >= 15 is 0 Å². The van der Waals surface area contributed by atoms with Gasteiger partial charge in [0.15, 0.2) is 0 Å². The van der Waals surface area contributed by atoms with E-state index in [9.17, 15) is 18.4 Å². The lowest BCUT2D eigenvalue weighted by Crippen LogP contribution is -2.12. The van der Waals surface area contributed by atoms with Gasteiger partial charge in [0.1, 0.15) is 11.6 Å². The Bertz CT molecular complexity index is 1280. The van der Waals surface area contributed by atoms with E-state index in [4.69, 9.17) is 0 Å². The monoisotopic (exact) mass is 419 g/mol. The van der Waals surface area contributed by atoms with Crippen molar-refractivity contribution in [2.24, 2.45) is 0 Å². The normalized spacial score (nSPS) is 13.3. The fourth-order valence-corrected chi connectivity index (χ4v) is 3.55. The van der Waals surface area contributed by atoms with Crippen LogP contribution in [-0.4, -0.2) is 6.01 Å². The highest BCUT2D eigenvalue weighted by molar-refractivity contribution is 5.88. The SMILES string of the molecule is CC(C)(C)c1cccc([N+]2=C=[N+](c3ccccc3)c3c(C#N)cc(C(F)(F)F)cc32)c1. The summed E-state index contributed by atoms with van der Waals surface area (Å²) in [5.41, 5.74) is 2.00. The highest BCUT2D eigenvalue weighted by Gasteiger charge is 2.43. The Kier molecular flexibility index (Phi) is 4.80. The Morgan fingerprint density at radius 3 is 2.10 bits per heavy atom. The second-order valence-corrected chi connectivity index (χ2v) is 8.41. The van der Waals surface area contributed by atoms with Crippen molar-refractivity contribution in [1.82, 2.24) is 9.15 Å². The van der Waals surface area contributed by atoms with Gasteiger partial charge >= 0.3 is 23.6 Å². The molecule has 1 aliphatic heterocycles. The predicted octanol–water partition coefficient (Wildman–Crippen LogP) is 6.73. The molecule has 0 saturated heterocycles. The number of nitrogens with zero attached hydrogens (tertiary/aromatic N) is 3. The second-order valence-electron chi connectivity index (χ2n) is 8.41. The first-order valence-corrected chi connectivity index (χ1v) is 9.77. The largest absolute Gasteiger partial charge is 0.503 e. The Labute approximate surface area is 178 Å². The van der Waals surface area contributed by atoms with Crippen LogP contribution in [0.15, 0.2) is 66.7 Å². The van der Waals surface area contributed by atoms with E-state index in [-0.39, 0.29) is 16.7 Å². The molecule has 4 rings (SSSR count). The van der Waals surface area contributed by atoms with Gasteiger partial charge in [-0.05, 0) is 26.2 Å². The Balaban J connectivity index is 2.04. The van der Waals surface area contributed by atoms with Crippen molar-refractivity contribution in [3.8, 4) is 6.07 Å². The average molecular weight is 419 g/mol. The minimum Gasteiger partial charge on any atom is -0.192 e. The summed E-state index contributed by atoms with van der Waals surface area (Å²) in [6.07, 6.45) is -4.57. The summed E-state index contributed by atoms with van der Waals surface area (Å²) < 4.78 is 44.0. The average Bonchev–Trinajstić information content (AvgIpc) is 3.12. The lowest BCUT2D eigenvalue weighted by Gasteiger charge is -2.18. The zero-order chi connectivity index (χ0) is 22.4. The molecule has 3 nitrogen and oxygen atoms in total. The molecule has 0 atom stereocenters. The second kappa shape index (κ2) is 7.23. The van der Waals surface area contributed by atoms with Crippen LogP contribution in [-0.2, 0) is 11.6 Å². The molecule has 154 valence electrons. The number of rotatable bonds is 2. The molecule has 0 fully saturated rings. The van der Waals surface area contributed by atoms with E-state index in [0.717, 1.165) is 17.7 Å². The van der Waals surface area contributed by atoms with Crippen LogP contribution in [0.4, 0.5) is 35.9 Å². The standard InChI is InChI=1S/C25H20F3N3/c1-24(2,3)18-8-7-11-21(13-18)30-16-31(20-9-5-4-6-10-20)23-17(15-29)12-19(14-22(23)30)25(26,27)28/h4-14H,1-3H3/q+2. The first kappa shape index (κ1) is 20.6. The molecule has 31 heavy (non-hydrogen) atoms. The first-order chi connectivity index (χ1) is 14.6. The lowest BCUT2D eigenvalue weighted by atomic mass is 9.87. The van der Waals surface area contributed by atoms with Crippen molar-refractivity contribution in [1.29, 1.82) is 5.26 Å². The van der Waals surface area contributed by atoms with Gasteiger partial charge < -0.3 is 0 Å². The van der Waals surface area contributed by atoms with E-state index in [2.05, 4.69) is 26.8 Å². The molecule has 0 aromatic heterocycles. The van der Waals surface area contributed by atoms with Crippen molar-refractivity contribution in [2.45, 2.75) is 32.4 Å². The van der Waals surface area contributed by atoms with Crippen LogP contribution < -0.4 is 9.15 Å². The molecular formula is C25H20F3N3+2. The van der Waals surface area contributed by atoms with Gasteiger partial charge in [0.05, 0.1) is 5.56 Å². The van der Waals surface area contributed by atoms with Crippen molar-refractivity contribution in [2.75, 3.05) is 0 Å². The molecule has 0 radical (unpaired) electrons. The minimum absolute atomic E-state index is 0.0596. The van der Waals surface area contributed by atoms with E-state index in [1.54, 1.807) is 9.15 Å². The number of nitriles is 1. The van der Waals surface area contributed by atoms with Crippen LogP contribution in [0.1, 0.15) is 37.5 Å². The maximum absolute atomic E-state index is 13.6. The lowest BCUT2D eigenvalue weighted by molar-refractivity contribution is -0.137. The number of hydrogen-bond donors (Lipinski definition) is 0. The van der Waals surface area contributed by atoms with Crippen LogP contribution in [0.2, 0.25) is 0 Å². The maximum atomic E-state index is 13.6. The molecule has 1 aliphatic rings. The summed E-state index contributed by atoms with van der Waals surface area (Å²) in [4.78, 5) is 0. The van der Waals surface area contributed by atoms with Gasteiger partial charge in [-0.3, -0.25) is 0 Å². The number of para-hydroxylation sites is 1. The third-order valence-corrected chi connectivity index (χ3v) is 5.19. The molecule has 3 aromatic carbocycles. The fourth-order valence-electron chi connectivity index (χ4n) is 3.55. The summed E-state index contributed by atoms with van der Waals surface area (Å²) in [6.45, 7) is 6.22. The molecule has 1 heterocycles. The molecule has 6 heteroatoms. The number of alkyl halides is 3. The zero-order valence-corrected chi connectivity index (χ0v) is 17.3. The van der Waals surface area contributed by atoms with Crippen LogP contribution in [0.3, 0.4) is 0 Å². The quantitative estimate of drug-likeness (QED) is 0.331.